The van der Waals surface area contributed by atoms with Crippen LogP contribution in [0.4, 0.5) is 5.13 Å². The molecule has 4 rings (SSSR count). The van der Waals surface area contributed by atoms with E-state index in [1.54, 1.807) is 17.2 Å². The summed E-state index contributed by atoms with van der Waals surface area (Å²) in [5.74, 6) is -0.0915. The molecule has 0 saturated carbocycles. The molecule has 27 heavy (non-hydrogen) atoms. The second kappa shape index (κ2) is 7.42. The summed E-state index contributed by atoms with van der Waals surface area (Å²) in [5.41, 5.74) is 1.87. The van der Waals surface area contributed by atoms with Crippen molar-refractivity contribution < 1.29 is 4.79 Å². The maximum Gasteiger partial charge on any atom is 0.267 e. The highest BCUT2D eigenvalue weighted by atomic mass is 32.2. The van der Waals surface area contributed by atoms with Crippen LogP contribution in [0.5, 0.6) is 0 Å². The fourth-order valence-electron chi connectivity index (χ4n) is 2.63. The Kier molecular flexibility index (Phi) is 4.83. The first-order chi connectivity index (χ1) is 13.1. The second-order valence-electron chi connectivity index (χ2n) is 5.77. The van der Waals surface area contributed by atoms with Crippen LogP contribution in [0.2, 0.25) is 0 Å². The van der Waals surface area contributed by atoms with Crippen LogP contribution in [0.15, 0.2) is 59.1 Å². The molecule has 134 valence electrons. The number of aliphatic imine (C=N–C) groups is 1. The molecular formula is C19H15N5OS2. The lowest BCUT2D eigenvalue weighted by molar-refractivity contribution is -0.121. The van der Waals surface area contributed by atoms with Gasteiger partial charge in [-0.1, -0.05) is 29.5 Å². The lowest BCUT2D eigenvalue weighted by Gasteiger charge is -2.11. The fraction of sp³-hybridized carbons (Fsp3) is 0.105. The van der Waals surface area contributed by atoms with E-state index < -0.39 is 0 Å². The normalized spacial score (nSPS) is 17.4. The van der Waals surface area contributed by atoms with E-state index in [1.165, 1.54) is 23.1 Å². The zero-order chi connectivity index (χ0) is 18.8. The monoisotopic (exact) mass is 393 g/mol. The zero-order valence-corrected chi connectivity index (χ0v) is 16.1. The van der Waals surface area contributed by atoms with Crippen molar-refractivity contribution >= 4 is 56.3 Å². The van der Waals surface area contributed by atoms with E-state index in [9.17, 15) is 4.79 Å². The van der Waals surface area contributed by atoms with Gasteiger partial charge in [0.05, 0.1) is 10.4 Å². The highest BCUT2D eigenvalue weighted by molar-refractivity contribution is 8.18. The Morgan fingerprint density at radius 3 is 2.96 bits per heavy atom. The number of benzene rings is 1. The van der Waals surface area contributed by atoms with E-state index in [-0.39, 0.29) is 5.91 Å². The van der Waals surface area contributed by atoms with Crippen molar-refractivity contribution in [1.29, 1.82) is 0 Å². The van der Waals surface area contributed by atoms with Gasteiger partial charge >= 0.3 is 0 Å². The van der Waals surface area contributed by atoms with Crippen LogP contribution < -0.4 is 0 Å². The quantitative estimate of drug-likeness (QED) is 0.491. The van der Waals surface area contributed by atoms with Gasteiger partial charge in [0.25, 0.3) is 5.91 Å². The van der Waals surface area contributed by atoms with Crippen LogP contribution in [0.25, 0.3) is 17.0 Å². The Labute approximate surface area is 164 Å². The van der Waals surface area contributed by atoms with Crippen molar-refractivity contribution in [3.05, 3.63) is 64.7 Å². The molecule has 0 radical (unpaired) electrons. The van der Waals surface area contributed by atoms with E-state index in [2.05, 4.69) is 26.8 Å². The molecule has 1 saturated heterocycles. The largest absolute Gasteiger partial charge is 0.282 e. The Hall–Kier alpha value is -2.84. The van der Waals surface area contributed by atoms with Crippen molar-refractivity contribution in [2.75, 3.05) is 6.54 Å². The Balaban J connectivity index is 1.69. The van der Waals surface area contributed by atoms with Crippen molar-refractivity contribution in [2.45, 2.75) is 6.92 Å². The van der Waals surface area contributed by atoms with Crippen molar-refractivity contribution in [2.24, 2.45) is 4.99 Å². The van der Waals surface area contributed by atoms with E-state index in [0.29, 0.717) is 21.7 Å². The first-order valence-electron chi connectivity index (χ1n) is 8.20. The number of rotatable bonds is 4. The average molecular weight is 393 g/mol. The number of fused-ring (bicyclic) bond motifs is 1. The summed E-state index contributed by atoms with van der Waals surface area (Å²) in [7, 11) is 0. The lowest BCUT2D eigenvalue weighted by Crippen LogP contribution is -2.29. The number of aromatic nitrogens is 3. The number of thioether (sulfide) groups is 1. The van der Waals surface area contributed by atoms with E-state index in [1.807, 2.05) is 43.3 Å². The maximum atomic E-state index is 12.8. The van der Waals surface area contributed by atoms with Crippen molar-refractivity contribution in [3.8, 4) is 0 Å². The van der Waals surface area contributed by atoms with Gasteiger partial charge in [0.2, 0.25) is 5.13 Å². The van der Waals surface area contributed by atoms with Gasteiger partial charge in [0.15, 0.2) is 5.17 Å². The predicted octanol–water partition coefficient (Wildman–Crippen LogP) is 4.18. The molecule has 3 aromatic rings. The van der Waals surface area contributed by atoms with Gasteiger partial charge in [-0.25, -0.2) is 0 Å². The van der Waals surface area contributed by atoms with Crippen LogP contribution in [-0.2, 0) is 4.79 Å². The number of aryl methyl sites for hydroxylation is 1. The highest BCUT2D eigenvalue weighted by Gasteiger charge is 2.32. The van der Waals surface area contributed by atoms with Gasteiger partial charge in [-0.15, -0.1) is 16.8 Å². The fourth-order valence-corrected chi connectivity index (χ4v) is 4.24. The van der Waals surface area contributed by atoms with Crippen LogP contribution >= 0.6 is 23.1 Å². The van der Waals surface area contributed by atoms with E-state index >= 15 is 0 Å². The summed E-state index contributed by atoms with van der Waals surface area (Å²) < 4.78 is 0. The van der Waals surface area contributed by atoms with Gasteiger partial charge < -0.3 is 0 Å². The molecule has 0 bridgehead atoms. The molecule has 0 unspecified atom stereocenters. The molecule has 2 aromatic heterocycles. The molecule has 1 fully saturated rings. The second-order valence-corrected chi connectivity index (χ2v) is 7.94. The Morgan fingerprint density at radius 2 is 2.19 bits per heavy atom. The number of pyridine rings is 1. The summed E-state index contributed by atoms with van der Waals surface area (Å²) in [5, 5.41) is 11.0. The third kappa shape index (κ3) is 3.67. The number of amides is 1. The third-order valence-corrected chi connectivity index (χ3v) is 5.57. The summed E-state index contributed by atoms with van der Waals surface area (Å²) in [6.45, 7) is 6.00. The molecular weight excluding hydrogens is 378 g/mol. The molecule has 1 amide bonds. The third-order valence-electron chi connectivity index (χ3n) is 3.83. The summed E-state index contributed by atoms with van der Waals surface area (Å²) in [4.78, 5) is 23.9. The molecule has 0 spiro atoms. The minimum Gasteiger partial charge on any atom is -0.282 e. The van der Waals surface area contributed by atoms with Gasteiger partial charge in [-0.05, 0) is 48.5 Å². The van der Waals surface area contributed by atoms with Crippen LogP contribution in [0.1, 0.15) is 10.6 Å². The minimum atomic E-state index is -0.0915. The van der Waals surface area contributed by atoms with Crippen LogP contribution in [-0.4, -0.2) is 37.7 Å². The number of nitrogens with zero attached hydrogens (tertiary/aromatic N) is 5. The van der Waals surface area contributed by atoms with Gasteiger partial charge in [-0.3, -0.25) is 14.7 Å². The molecule has 0 atom stereocenters. The molecule has 0 aliphatic carbocycles. The number of hydrogen-bond donors (Lipinski definition) is 0. The number of hydrogen-bond acceptors (Lipinski definition) is 7. The van der Waals surface area contributed by atoms with Gasteiger partial charge in [-0.2, -0.15) is 4.99 Å². The molecule has 1 aliphatic rings. The summed E-state index contributed by atoms with van der Waals surface area (Å²) in [6.07, 6.45) is 5.33. The van der Waals surface area contributed by atoms with Crippen LogP contribution in [0, 0.1) is 6.92 Å². The van der Waals surface area contributed by atoms with E-state index in [0.717, 1.165) is 21.5 Å². The Bertz CT molecular complexity index is 1100. The minimum absolute atomic E-state index is 0.0915. The number of carbonyl (C=O) groups is 1. The smallest absolute Gasteiger partial charge is 0.267 e. The van der Waals surface area contributed by atoms with Crippen molar-refractivity contribution in [1.82, 2.24) is 20.1 Å². The average Bonchev–Trinajstić information content (AvgIpc) is 3.20. The number of amidine groups is 1. The lowest BCUT2D eigenvalue weighted by atomic mass is 10.1. The zero-order valence-electron chi connectivity index (χ0n) is 14.5. The molecule has 1 aliphatic heterocycles. The summed E-state index contributed by atoms with van der Waals surface area (Å²) >= 11 is 2.72. The number of carbonyl (C=O) groups excluding carboxylic acids is 1. The van der Waals surface area contributed by atoms with E-state index in [4.69, 9.17) is 0 Å². The van der Waals surface area contributed by atoms with Crippen molar-refractivity contribution in [3.63, 3.8) is 0 Å². The highest BCUT2D eigenvalue weighted by Crippen LogP contribution is 2.34. The molecule has 0 N–H and O–H groups in total. The summed E-state index contributed by atoms with van der Waals surface area (Å²) in [6, 6.07) is 9.83. The van der Waals surface area contributed by atoms with Gasteiger partial charge in [0, 0.05) is 18.1 Å². The van der Waals surface area contributed by atoms with Crippen LogP contribution in [0.3, 0.4) is 0 Å². The first-order valence-corrected chi connectivity index (χ1v) is 9.83. The topological polar surface area (TPSA) is 71.3 Å². The SMILES string of the molecule is C=CCN1C(=O)/C(=C\c2ccc3ncccc3c2)S/C1=N\c1nnc(C)s1. The Morgan fingerprint density at radius 1 is 1.30 bits per heavy atom. The standard InChI is InChI=1S/C19H15N5OS2/c1-3-9-24-17(25)16(27-19(24)21-18-23-22-12(2)26-18)11-13-6-7-15-14(10-13)5-4-8-20-15/h3-8,10-11H,1,9H2,2H3/b16-11+,21-19-. The maximum absolute atomic E-state index is 12.8. The molecule has 1 aromatic carbocycles. The molecule has 8 heteroatoms. The first kappa shape index (κ1) is 17.6. The van der Waals surface area contributed by atoms with Gasteiger partial charge in [0.1, 0.15) is 5.01 Å². The molecule has 3 heterocycles. The predicted molar refractivity (Wildman–Crippen MR) is 111 cm³/mol. The molecule has 6 nitrogen and oxygen atoms in total.